The van der Waals surface area contributed by atoms with E-state index in [2.05, 4.69) is 4.90 Å². The number of nitrogens with zero attached hydrogens (tertiary/aromatic N) is 2. The van der Waals surface area contributed by atoms with E-state index in [4.69, 9.17) is 11.6 Å². The molecule has 2 atom stereocenters. The lowest BCUT2D eigenvalue weighted by molar-refractivity contribution is -0.124. The summed E-state index contributed by atoms with van der Waals surface area (Å²) in [5.41, 5.74) is 0.704. The van der Waals surface area contributed by atoms with Crippen LogP contribution in [0.2, 0.25) is 5.02 Å². The van der Waals surface area contributed by atoms with Gasteiger partial charge in [-0.2, -0.15) is 0 Å². The van der Waals surface area contributed by atoms with Crippen LogP contribution in [-0.4, -0.2) is 55.4 Å². The maximum absolute atomic E-state index is 13.0. The molecule has 0 bridgehead atoms. The summed E-state index contributed by atoms with van der Waals surface area (Å²) in [6.45, 7) is 0.299. The lowest BCUT2D eigenvalue weighted by Gasteiger charge is -2.46. The zero-order valence-corrected chi connectivity index (χ0v) is 16.4. The summed E-state index contributed by atoms with van der Waals surface area (Å²) in [4.78, 5) is 16.9. The van der Waals surface area contributed by atoms with Crippen LogP contribution in [0, 0.1) is 0 Å². The van der Waals surface area contributed by atoms with Crippen LogP contribution in [0.15, 0.2) is 24.3 Å². The molecule has 1 aromatic carbocycles. The maximum atomic E-state index is 13.0. The van der Waals surface area contributed by atoms with E-state index in [1.807, 2.05) is 6.07 Å². The number of anilines is 1. The topological polar surface area (TPSA) is 57.7 Å². The number of piperazine rings is 1. The number of rotatable bonds is 2. The number of fused-ring (bicyclic) bond motifs is 1. The summed E-state index contributed by atoms with van der Waals surface area (Å²) in [7, 11) is -3.15. The molecule has 0 spiro atoms. The molecule has 142 valence electrons. The van der Waals surface area contributed by atoms with Gasteiger partial charge in [0.2, 0.25) is 5.91 Å². The molecule has 3 fully saturated rings. The van der Waals surface area contributed by atoms with Crippen molar-refractivity contribution < 1.29 is 13.2 Å². The first-order chi connectivity index (χ1) is 12.4. The monoisotopic (exact) mass is 396 g/mol. The first kappa shape index (κ1) is 18.3. The van der Waals surface area contributed by atoms with Crippen molar-refractivity contribution in [1.82, 2.24) is 4.90 Å². The van der Waals surface area contributed by atoms with Gasteiger partial charge in [-0.1, -0.05) is 43.4 Å². The minimum atomic E-state index is -3.15. The van der Waals surface area contributed by atoms with E-state index in [-0.39, 0.29) is 29.5 Å². The zero-order chi connectivity index (χ0) is 18.3. The third kappa shape index (κ3) is 3.51. The Balaban J connectivity index is 1.68. The van der Waals surface area contributed by atoms with Crippen molar-refractivity contribution in [3.05, 3.63) is 29.3 Å². The standard InChI is InChI=1S/C19H25ClN2O3S/c20-14-6-5-9-16(10-14)22-18-13-26(24,25)12-17(18)21(11-19(22)23)15-7-3-1-2-4-8-15/h5-6,9-10,15,17-18H,1-4,7-8,11-13H2/t17-,18-/m1/s1. The zero-order valence-electron chi connectivity index (χ0n) is 14.8. The quantitative estimate of drug-likeness (QED) is 0.721. The van der Waals surface area contributed by atoms with Crippen LogP contribution in [0.5, 0.6) is 0 Å². The molecule has 0 aromatic heterocycles. The summed E-state index contributed by atoms with van der Waals surface area (Å²) in [5.74, 6) is 0.173. The number of hydrogen-bond acceptors (Lipinski definition) is 4. The van der Waals surface area contributed by atoms with E-state index in [0.29, 0.717) is 23.3 Å². The predicted octanol–water partition coefficient (Wildman–Crippen LogP) is 2.88. The van der Waals surface area contributed by atoms with Gasteiger partial charge in [-0.25, -0.2) is 8.42 Å². The Morgan fingerprint density at radius 3 is 2.38 bits per heavy atom. The van der Waals surface area contributed by atoms with Gasteiger partial charge in [0, 0.05) is 22.8 Å². The Morgan fingerprint density at radius 1 is 1.00 bits per heavy atom. The number of halogens is 1. The largest absolute Gasteiger partial charge is 0.306 e. The van der Waals surface area contributed by atoms with Crippen molar-refractivity contribution in [3.63, 3.8) is 0 Å². The van der Waals surface area contributed by atoms with Crippen LogP contribution < -0.4 is 4.90 Å². The van der Waals surface area contributed by atoms with Gasteiger partial charge in [0.1, 0.15) is 0 Å². The minimum Gasteiger partial charge on any atom is -0.306 e. The lowest BCUT2D eigenvalue weighted by atomic mass is 9.97. The highest BCUT2D eigenvalue weighted by molar-refractivity contribution is 7.91. The van der Waals surface area contributed by atoms with E-state index in [1.165, 1.54) is 12.8 Å². The Morgan fingerprint density at radius 2 is 1.69 bits per heavy atom. The Kier molecular flexibility index (Phi) is 5.01. The predicted molar refractivity (Wildman–Crippen MR) is 103 cm³/mol. The van der Waals surface area contributed by atoms with Gasteiger partial charge < -0.3 is 4.90 Å². The fourth-order valence-electron chi connectivity index (χ4n) is 4.86. The van der Waals surface area contributed by atoms with Gasteiger partial charge in [0.15, 0.2) is 9.84 Å². The SMILES string of the molecule is O=C1CN(C2CCCCCC2)[C@@H]2CS(=O)(=O)C[C@H]2N1c1cccc(Cl)c1. The normalized spacial score (nSPS) is 30.2. The number of sulfone groups is 1. The van der Waals surface area contributed by atoms with Crippen LogP contribution in [0.3, 0.4) is 0 Å². The lowest BCUT2D eigenvalue weighted by Crippen LogP contribution is -2.64. The smallest absolute Gasteiger partial charge is 0.241 e. The number of hydrogen-bond donors (Lipinski definition) is 0. The minimum absolute atomic E-state index is 0.0186. The Labute approximate surface area is 160 Å². The first-order valence-corrected chi connectivity index (χ1v) is 11.7. The van der Waals surface area contributed by atoms with E-state index < -0.39 is 9.84 Å². The summed E-state index contributed by atoms with van der Waals surface area (Å²) in [5, 5.41) is 0.555. The second-order valence-corrected chi connectivity index (χ2v) is 10.4. The highest BCUT2D eigenvalue weighted by Crippen LogP contribution is 2.35. The molecule has 2 saturated heterocycles. The van der Waals surface area contributed by atoms with Crippen molar-refractivity contribution in [3.8, 4) is 0 Å². The molecule has 3 aliphatic rings. The molecule has 1 aliphatic carbocycles. The fourth-order valence-corrected chi connectivity index (χ4v) is 7.01. The van der Waals surface area contributed by atoms with E-state index in [0.717, 1.165) is 25.7 Å². The summed E-state index contributed by atoms with van der Waals surface area (Å²) in [6, 6.07) is 7.06. The number of carbonyl (C=O) groups is 1. The molecule has 7 heteroatoms. The molecule has 0 radical (unpaired) electrons. The van der Waals surface area contributed by atoms with Gasteiger partial charge in [0.25, 0.3) is 0 Å². The van der Waals surface area contributed by atoms with Crippen LogP contribution in [0.1, 0.15) is 38.5 Å². The second kappa shape index (κ2) is 7.13. The molecule has 1 amide bonds. The molecule has 26 heavy (non-hydrogen) atoms. The molecular formula is C19H25ClN2O3S. The summed E-state index contributed by atoms with van der Waals surface area (Å²) in [6.07, 6.45) is 6.93. The van der Waals surface area contributed by atoms with Crippen molar-refractivity contribution in [2.45, 2.75) is 56.7 Å². The number of benzene rings is 1. The van der Waals surface area contributed by atoms with Gasteiger partial charge in [0.05, 0.1) is 24.1 Å². The molecule has 2 heterocycles. The molecule has 4 rings (SSSR count). The van der Waals surface area contributed by atoms with Gasteiger partial charge >= 0.3 is 0 Å². The van der Waals surface area contributed by atoms with Crippen LogP contribution in [-0.2, 0) is 14.6 Å². The van der Waals surface area contributed by atoms with Gasteiger partial charge in [-0.15, -0.1) is 0 Å². The molecular weight excluding hydrogens is 372 g/mol. The molecule has 0 N–H and O–H groups in total. The number of carbonyl (C=O) groups excluding carboxylic acids is 1. The average molecular weight is 397 g/mol. The maximum Gasteiger partial charge on any atom is 0.241 e. The Bertz CT molecular complexity index is 790. The first-order valence-electron chi connectivity index (χ1n) is 9.48. The molecule has 1 aromatic rings. The van der Waals surface area contributed by atoms with Gasteiger partial charge in [-0.05, 0) is 31.0 Å². The van der Waals surface area contributed by atoms with Crippen molar-refractivity contribution in [2.75, 3.05) is 23.0 Å². The third-order valence-corrected chi connectivity index (χ3v) is 7.95. The molecule has 1 saturated carbocycles. The number of amides is 1. The van der Waals surface area contributed by atoms with Crippen LogP contribution in [0.25, 0.3) is 0 Å². The van der Waals surface area contributed by atoms with Crippen molar-refractivity contribution in [1.29, 1.82) is 0 Å². The van der Waals surface area contributed by atoms with Crippen LogP contribution >= 0.6 is 11.6 Å². The van der Waals surface area contributed by atoms with Crippen molar-refractivity contribution >= 4 is 33.0 Å². The van der Waals surface area contributed by atoms with Crippen molar-refractivity contribution in [2.24, 2.45) is 0 Å². The third-order valence-electron chi connectivity index (χ3n) is 6.02. The molecule has 2 aliphatic heterocycles. The highest BCUT2D eigenvalue weighted by Gasteiger charge is 2.51. The summed E-state index contributed by atoms with van der Waals surface area (Å²) < 4.78 is 24.9. The van der Waals surface area contributed by atoms with E-state index in [9.17, 15) is 13.2 Å². The average Bonchev–Trinajstić information content (AvgIpc) is 2.75. The second-order valence-electron chi connectivity index (χ2n) is 7.77. The summed E-state index contributed by atoms with van der Waals surface area (Å²) >= 11 is 6.11. The van der Waals surface area contributed by atoms with E-state index >= 15 is 0 Å². The molecule has 5 nitrogen and oxygen atoms in total. The van der Waals surface area contributed by atoms with Crippen LogP contribution in [0.4, 0.5) is 5.69 Å². The molecule has 0 unspecified atom stereocenters. The highest BCUT2D eigenvalue weighted by atomic mass is 35.5. The Hall–Kier alpha value is -1.11. The van der Waals surface area contributed by atoms with Gasteiger partial charge in [-0.3, -0.25) is 9.69 Å². The fraction of sp³-hybridized carbons (Fsp3) is 0.632. The van der Waals surface area contributed by atoms with E-state index in [1.54, 1.807) is 23.1 Å².